The minimum Gasteiger partial charge on any atom is -0.497 e. The number of ether oxygens (including phenoxy) is 1. The van der Waals surface area contributed by atoms with Crippen LogP contribution in [-0.4, -0.2) is 34.8 Å². The highest BCUT2D eigenvalue weighted by molar-refractivity contribution is 5.74. The second kappa shape index (κ2) is 8.17. The highest BCUT2D eigenvalue weighted by atomic mass is 16.5. The fourth-order valence-electron chi connectivity index (χ4n) is 2.02. The highest BCUT2D eigenvalue weighted by Gasteiger charge is 2.15. The van der Waals surface area contributed by atoms with Crippen LogP contribution in [0.25, 0.3) is 0 Å². The summed E-state index contributed by atoms with van der Waals surface area (Å²) < 4.78 is 10.6. The summed E-state index contributed by atoms with van der Waals surface area (Å²) in [7, 11) is 1.62. The van der Waals surface area contributed by atoms with Crippen LogP contribution >= 0.6 is 0 Å². The van der Waals surface area contributed by atoms with Crippen molar-refractivity contribution in [3.63, 3.8) is 0 Å². The van der Waals surface area contributed by atoms with Crippen molar-refractivity contribution in [2.45, 2.75) is 33.4 Å². The fourth-order valence-corrected chi connectivity index (χ4v) is 2.02. The van der Waals surface area contributed by atoms with E-state index in [1.54, 1.807) is 12.0 Å². The first-order chi connectivity index (χ1) is 11.2. The van der Waals surface area contributed by atoms with Gasteiger partial charge in [-0.2, -0.15) is 0 Å². The van der Waals surface area contributed by atoms with Crippen LogP contribution in [0, 0.1) is 0 Å². The molecule has 2 rings (SSSR count). The molecular weight excluding hydrogens is 296 g/mol. The van der Waals surface area contributed by atoms with Gasteiger partial charge in [0.25, 0.3) is 0 Å². The Kier molecular flexibility index (Phi) is 5.96. The molecule has 0 aliphatic carbocycles. The van der Waals surface area contributed by atoms with Gasteiger partial charge in [0.05, 0.1) is 7.11 Å². The molecule has 0 radical (unpaired) electrons. The summed E-state index contributed by atoms with van der Waals surface area (Å²) in [5, 5.41) is 10.7. The van der Waals surface area contributed by atoms with Gasteiger partial charge in [0.15, 0.2) is 0 Å². The van der Waals surface area contributed by atoms with Crippen molar-refractivity contribution >= 4 is 6.03 Å². The van der Waals surface area contributed by atoms with Gasteiger partial charge in [0.1, 0.15) is 12.3 Å². The van der Waals surface area contributed by atoms with Crippen LogP contribution in [0.1, 0.15) is 31.2 Å². The van der Waals surface area contributed by atoms with Gasteiger partial charge in [-0.25, -0.2) is 4.79 Å². The molecule has 2 aromatic rings. The Morgan fingerprint density at radius 2 is 1.91 bits per heavy atom. The Morgan fingerprint density at radius 3 is 2.48 bits per heavy atom. The Bertz CT molecular complexity index is 625. The number of carbonyl (C=O) groups is 1. The van der Waals surface area contributed by atoms with Crippen molar-refractivity contribution in [2.75, 3.05) is 13.7 Å². The molecule has 0 aliphatic rings. The molecule has 0 bridgehead atoms. The van der Waals surface area contributed by atoms with Gasteiger partial charge in [-0.15, -0.1) is 10.2 Å². The van der Waals surface area contributed by atoms with Crippen molar-refractivity contribution in [3.8, 4) is 5.75 Å². The molecule has 0 spiro atoms. The Labute approximate surface area is 135 Å². The van der Waals surface area contributed by atoms with Gasteiger partial charge in [-0.1, -0.05) is 19.1 Å². The highest BCUT2D eigenvalue weighted by Crippen LogP contribution is 2.11. The summed E-state index contributed by atoms with van der Waals surface area (Å²) >= 11 is 0. The molecule has 1 N–H and O–H groups in total. The maximum absolute atomic E-state index is 12.3. The van der Waals surface area contributed by atoms with E-state index in [2.05, 4.69) is 15.5 Å². The molecule has 1 aromatic heterocycles. The van der Waals surface area contributed by atoms with Crippen LogP contribution < -0.4 is 10.1 Å². The molecular formula is C16H22N4O3. The van der Waals surface area contributed by atoms with E-state index in [0.717, 1.165) is 11.3 Å². The molecule has 1 aromatic carbocycles. The van der Waals surface area contributed by atoms with E-state index in [1.165, 1.54) is 0 Å². The average Bonchev–Trinajstić information content (AvgIpc) is 3.05. The monoisotopic (exact) mass is 318 g/mol. The number of nitrogens with one attached hydrogen (secondary N) is 1. The number of hydrogen-bond acceptors (Lipinski definition) is 5. The van der Waals surface area contributed by atoms with Crippen LogP contribution in [-0.2, 0) is 19.5 Å². The first kappa shape index (κ1) is 16.8. The van der Waals surface area contributed by atoms with E-state index in [1.807, 2.05) is 38.1 Å². The zero-order valence-corrected chi connectivity index (χ0v) is 13.7. The molecule has 0 atom stereocenters. The molecule has 1 heterocycles. The quantitative estimate of drug-likeness (QED) is 0.847. The van der Waals surface area contributed by atoms with Gasteiger partial charge in [0.2, 0.25) is 11.8 Å². The topological polar surface area (TPSA) is 80.5 Å². The number of rotatable bonds is 7. The summed E-state index contributed by atoms with van der Waals surface area (Å²) in [6, 6.07) is 7.40. The second-order valence-electron chi connectivity index (χ2n) is 4.96. The lowest BCUT2D eigenvalue weighted by molar-refractivity contribution is 0.191. The summed E-state index contributed by atoms with van der Waals surface area (Å²) in [6.45, 7) is 5.15. The summed E-state index contributed by atoms with van der Waals surface area (Å²) in [5.41, 5.74) is 1.00. The van der Waals surface area contributed by atoms with Crippen LogP contribution in [0.15, 0.2) is 28.7 Å². The number of aryl methyl sites for hydroxylation is 1. The second-order valence-corrected chi connectivity index (χ2v) is 4.96. The zero-order chi connectivity index (χ0) is 16.7. The standard InChI is InChI=1S/C16H22N4O3/c1-4-14-18-19-15(23-14)11-20(5-2)16(21)17-10-12-6-8-13(22-3)9-7-12/h6-9H,4-5,10-11H2,1-3H3,(H,17,21). The Balaban J connectivity index is 1.88. The van der Waals surface area contributed by atoms with Crippen molar-refractivity contribution in [3.05, 3.63) is 41.6 Å². The normalized spacial score (nSPS) is 10.4. The molecule has 0 aliphatic heterocycles. The lowest BCUT2D eigenvalue weighted by Crippen LogP contribution is -2.39. The number of nitrogens with zero attached hydrogens (tertiary/aromatic N) is 3. The number of urea groups is 1. The molecule has 0 fully saturated rings. The molecule has 0 saturated heterocycles. The zero-order valence-electron chi connectivity index (χ0n) is 13.7. The predicted octanol–water partition coefficient (Wildman–Crippen LogP) is 2.37. The average molecular weight is 318 g/mol. The third kappa shape index (κ3) is 4.70. The number of methoxy groups -OCH3 is 1. The van der Waals surface area contributed by atoms with E-state index in [9.17, 15) is 4.79 Å². The van der Waals surface area contributed by atoms with E-state index in [4.69, 9.17) is 9.15 Å². The maximum atomic E-state index is 12.3. The number of carbonyl (C=O) groups excluding carboxylic acids is 1. The first-order valence-electron chi connectivity index (χ1n) is 7.63. The molecule has 7 heteroatoms. The van der Waals surface area contributed by atoms with Crippen LogP contribution in [0.5, 0.6) is 5.75 Å². The van der Waals surface area contributed by atoms with Crippen LogP contribution in [0.4, 0.5) is 4.79 Å². The third-order valence-electron chi connectivity index (χ3n) is 3.41. The lowest BCUT2D eigenvalue weighted by atomic mass is 10.2. The molecule has 0 saturated carbocycles. The Morgan fingerprint density at radius 1 is 1.22 bits per heavy atom. The van der Waals surface area contributed by atoms with E-state index < -0.39 is 0 Å². The molecule has 23 heavy (non-hydrogen) atoms. The third-order valence-corrected chi connectivity index (χ3v) is 3.41. The summed E-state index contributed by atoms with van der Waals surface area (Å²) in [5.74, 6) is 1.82. The van der Waals surface area contributed by atoms with Gasteiger partial charge >= 0.3 is 6.03 Å². The van der Waals surface area contributed by atoms with Crippen molar-refractivity contribution < 1.29 is 13.9 Å². The van der Waals surface area contributed by atoms with Gasteiger partial charge in [0, 0.05) is 19.5 Å². The number of hydrogen-bond donors (Lipinski definition) is 1. The molecule has 2 amide bonds. The minimum atomic E-state index is -0.167. The first-order valence-corrected chi connectivity index (χ1v) is 7.63. The molecule has 0 unspecified atom stereocenters. The van der Waals surface area contributed by atoms with E-state index in [0.29, 0.717) is 37.8 Å². The lowest BCUT2D eigenvalue weighted by Gasteiger charge is -2.19. The largest absolute Gasteiger partial charge is 0.497 e. The number of amides is 2. The van der Waals surface area contributed by atoms with Crippen molar-refractivity contribution in [1.29, 1.82) is 0 Å². The number of benzene rings is 1. The van der Waals surface area contributed by atoms with Gasteiger partial charge < -0.3 is 19.4 Å². The Hall–Kier alpha value is -2.57. The maximum Gasteiger partial charge on any atom is 0.318 e. The molecule has 124 valence electrons. The van der Waals surface area contributed by atoms with Gasteiger partial charge in [-0.05, 0) is 24.6 Å². The predicted molar refractivity (Wildman–Crippen MR) is 85.0 cm³/mol. The van der Waals surface area contributed by atoms with Crippen LogP contribution in [0.2, 0.25) is 0 Å². The SMILES string of the molecule is CCc1nnc(CN(CC)C(=O)NCc2ccc(OC)cc2)o1. The smallest absolute Gasteiger partial charge is 0.318 e. The van der Waals surface area contributed by atoms with E-state index in [-0.39, 0.29) is 6.03 Å². The number of aromatic nitrogens is 2. The minimum absolute atomic E-state index is 0.167. The van der Waals surface area contributed by atoms with Crippen molar-refractivity contribution in [2.24, 2.45) is 0 Å². The van der Waals surface area contributed by atoms with E-state index >= 15 is 0 Å². The molecule has 7 nitrogen and oxygen atoms in total. The summed E-state index contributed by atoms with van der Waals surface area (Å²) in [6.07, 6.45) is 0.683. The van der Waals surface area contributed by atoms with Gasteiger partial charge in [-0.3, -0.25) is 0 Å². The summed E-state index contributed by atoms with van der Waals surface area (Å²) in [4.78, 5) is 13.9. The fraction of sp³-hybridized carbons (Fsp3) is 0.438. The van der Waals surface area contributed by atoms with Crippen molar-refractivity contribution in [1.82, 2.24) is 20.4 Å². The van der Waals surface area contributed by atoms with Crippen LogP contribution in [0.3, 0.4) is 0 Å².